The molecule has 1 heterocycles. The Morgan fingerprint density at radius 1 is 0.667 bits per heavy atom. The summed E-state index contributed by atoms with van der Waals surface area (Å²) in [5.41, 5.74) is 2.79. The number of epoxide rings is 1. The van der Waals surface area contributed by atoms with Crippen molar-refractivity contribution < 1.29 is 4.74 Å². The molecule has 1 fully saturated rings. The van der Waals surface area contributed by atoms with Crippen LogP contribution in [-0.2, 0) is 4.74 Å². The van der Waals surface area contributed by atoms with Gasteiger partial charge in [0.15, 0.2) is 0 Å². The molecule has 98 valence electrons. The minimum absolute atomic E-state index is 0.277. The van der Waals surface area contributed by atoms with Crippen LogP contribution in [0, 0.1) is 0 Å². The molecule has 21 heavy (non-hydrogen) atoms. The topological polar surface area (TPSA) is 12.5 Å². The Morgan fingerprint density at radius 3 is 2.48 bits per heavy atom. The molecule has 4 aromatic carbocycles. The molecule has 1 heteroatoms. The Hall–Kier alpha value is -2.38. The first-order valence-corrected chi connectivity index (χ1v) is 7.44. The Morgan fingerprint density at radius 2 is 1.48 bits per heavy atom. The number of fused-ring (bicyclic) bond motifs is 7. The molecule has 1 nitrogen and oxygen atoms in total. The van der Waals surface area contributed by atoms with Crippen molar-refractivity contribution in [3.63, 3.8) is 0 Å². The van der Waals surface area contributed by atoms with Crippen LogP contribution in [0.25, 0.3) is 32.3 Å². The van der Waals surface area contributed by atoms with Gasteiger partial charge in [-0.15, -0.1) is 0 Å². The van der Waals surface area contributed by atoms with Crippen LogP contribution in [-0.4, -0.2) is 0 Å². The van der Waals surface area contributed by atoms with Gasteiger partial charge >= 0.3 is 0 Å². The molecule has 0 radical (unpaired) electrons. The van der Waals surface area contributed by atoms with Crippen LogP contribution in [0.3, 0.4) is 0 Å². The first kappa shape index (κ1) is 10.4. The van der Waals surface area contributed by atoms with Crippen LogP contribution < -0.4 is 0 Å². The molecule has 1 aliphatic carbocycles. The number of hydrogen-bond acceptors (Lipinski definition) is 1. The van der Waals surface area contributed by atoms with Crippen molar-refractivity contribution in [1.29, 1.82) is 0 Å². The smallest absolute Gasteiger partial charge is 0.115 e. The molecule has 0 unspecified atom stereocenters. The van der Waals surface area contributed by atoms with Gasteiger partial charge in [-0.2, -0.15) is 0 Å². The van der Waals surface area contributed by atoms with Gasteiger partial charge in [-0.3, -0.25) is 0 Å². The highest BCUT2D eigenvalue weighted by Crippen LogP contribution is 2.62. The molecule has 0 bridgehead atoms. The van der Waals surface area contributed by atoms with Crippen molar-refractivity contribution >= 4 is 32.3 Å². The van der Waals surface area contributed by atoms with E-state index in [-0.39, 0.29) is 6.10 Å². The van der Waals surface area contributed by atoms with Gasteiger partial charge in [0.05, 0.1) is 0 Å². The van der Waals surface area contributed by atoms with E-state index in [0.717, 1.165) is 0 Å². The molecule has 0 aromatic heterocycles. The first-order chi connectivity index (χ1) is 10.4. The largest absolute Gasteiger partial charge is 0.359 e. The number of rotatable bonds is 0. The third-order valence-corrected chi connectivity index (χ3v) is 5.02. The summed E-state index contributed by atoms with van der Waals surface area (Å²) in [5.74, 6) is 0. The first-order valence-electron chi connectivity index (χ1n) is 7.44. The quantitative estimate of drug-likeness (QED) is 0.240. The van der Waals surface area contributed by atoms with Crippen molar-refractivity contribution in [2.45, 2.75) is 12.2 Å². The lowest BCUT2D eigenvalue weighted by atomic mass is 9.93. The van der Waals surface area contributed by atoms with Crippen molar-refractivity contribution in [3.05, 3.63) is 71.8 Å². The summed E-state index contributed by atoms with van der Waals surface area (Å²) in [6, 6.07) is 22.1. The fourth-order valence-electron chi connectivity index (χ4n) is 4.11. The van der Waals surface area contributed by atoms with Gasteiger partial charge in [0, 0.05) is 5.56 Å². The molecular weight excluding hydrogens is 256 g/mol. The van der Waals surface area contributed by atoms with Gasteiger partial charge < -0.3 is 4.74 Å². The lowest BCUT2D eigenvalue weighted by molar-refractivity contribution is 0.375. The number of hydrogen-bond donors (Lipinski definition) is 0. The minimum Gasteiger partial charge on any atom is -0.359 e. The minimum atomic E-state index is 0.277. The van der Waals surface area contributed by atoms with E-state index in [2.05, 4.69) is 60.7 Å². The maximum Gasteiger partial charge on any atom is 0.115 e. The predicted octanol–water partition coefficient (Wildman–Crippen LogP) is 5.27. The highest BCUT2D eigenvalue weighted by molar-refractivity contribution is 6.16. The normalized spacial score (nSPS) is 22.1. The van der Waals surface area contributed by atoms with Crippen LogP contribution >= 0.6 is 0 Å². The van der Waals surface area contributed by atoms with E-state index >= 15 is 0 Å². The Labute approximate surface area is 121 Å². The number of ether oxygens (including phenoxy) is 1. The molecule has 0 spiro atoms. The lowest BCUT2D eigenvalue weighted by Gasteiger charge is -2.12. The average Bonchev–Trinajstić information content (AvgIpc) is 3.26. The maximum absolute atomic E-state index is 5.93. The third-order valence-electron chi connectivity index (χ3n) is 5.02. The highest BCUT2D eigenvalue weighted by atomic mass is 16.6. The van der Waals surface area contributed by atoms with Gasteiger partial charge in [0.2, 0.25) is 0 Å². The Balaban J connectivity index is 1.97. The zero-order valence-corrected chi connectivity index (χ0v) is 11.3. The van der Waals surface area contributed by atoms with Crippen LogP contribution in [0.4, 0.5) is 0 Å². The Kier molecular flexibility index (Phi) is 1.61. The van der Waals surface area contributed by atoms with Crippen molar-refractivity contribution in [2.75, 3.05) is 0 Å². The molecule has 4 aromatic rings. The van der Waals surface area contributed by atoms with E-state index in [1.807, 2.05) is 0 Å². The van der Waals surface area contributed by atoms with Gasteiger partial charge in [-0.1, -0.05) is 54.6 Å². The molecular formula is C20H12O. The average molecular weight is 268 g/mol. The SMILES string of the molecule is c1cc2c3c(c4c(ccc5ccccc54)cc3c1)[C@H]1O[C@@H]21. The third kappa shape index (κ3) is 1.13. The number of benzene rings is 4. The van der Waals surface area contributed by atoms with Gasteiger partial charge in [0.25, 0.3) is 0 Å². The van der Waals surface area contributed by atoms with Gasteiger partial charge in [-0.25, -0.2) is 0 Å². The van der Waals surface area contributed by atoms with E-state index in [9.17, 15) is 0 Å². The predicted molar refractivity (Wildman–Crippen MR) is 85.5 cm³/mol. The van der Waals surface area contributed by atoms with Crippen LogP contribution in [0.15, 0.2) is 60.7 Å². The molecule has 1 aliphatic heterocycles. The standard InChI is InChI=1S/C20H12O/c1-2-6-14-11(4-1)8-9-13-10-12-5-3-7-15-17(12)18(16(13)14)20-19(15)21-20/h1-10,19-20H/t19-,20+/m0/s1. The van der Waals surface area contributed by atoms with E-state index in [0.29, 0.717) is 6.10 Å². The summed E-state index contributed by atoms with van der Waals surface area (Å²) in [6.07, 6.45) is 0.577. The molecule has 1 saturated heterocycles. The van der Waals surface area contributed by atoms with E-state index in [4.69, 9.17) is 4.74 Å². The molecule has 0 N–H and O–H groups in total. The van der Waals surface area contributed by atoms with Gasteiger partial charge in [0.1, 0.15) is 12.2 Å². The van der Waals surface area contributed by atoms with Crippen molar-refractivity contribution in [3.8, 4) is 0 Å². The highest BCUT2D eigenvalue weighted by Gasteiger charge is 2.49. The summed E-state index contributed by atoms with van der Waals surface area (Å²) < 4.78 is 5.93. The Bertz CT molecular complexity index is 1080. The van der Waals surface area contributed by atoms with Crippen molar-refractivity contribution in [2.24, 2.45) is 0 Å². The summed E-state index contributed by atoms with van der Waals surface area (Å²) in [7, 11) is 0. The fourth-order valence-corrected chi connectivity index (χ4v) is 4.11. The zero-order chi connectivity index (χ0) is 13.6. The molecule has 2 aliphatic rings. The molecule has 0 saturated carbocycles. The van der Waals surface area contributed by atoms with E-state index in [1.165, 1.54) is 43.4 Å². The molecule has 6 rings (SSSR count). The second-order valence-electron chi connectivity index (χ2n) is 6.10. The van der Waals surface area contributed by atoms with E-state index in [1.54, 1.807) is 0 Å². The van der Waals surface area contributed by atoms with E-state index < -0.39 is 0 Å². The lowest BCUT2D eigenvalue weighted by Crippen LogP contribution is -1.88. The van der Waals surface area contributed by atoms with Crippen LogP contribution in [0.5, 0.6) is 0 Å². The summed E-state index contributed by atoms with van der Waals surface area (Å²) in [5, 5.41) is 8.14. The summed E-state index contributed by atoms with van der Waals surface area (Å²) in [4.78, 5) is 0. The monoisotopic (exact) mass is 268 g/mol. The molecule has 2 atom stereocenters. The second-order valence-corrected chi connectivity index (χ2v) is 6.10. The van der Waals surface area contributed by atoms with Crippen molar-refractivity contribution in [1.82, 2.24) is 0 Å². The fraction of sp³-hybridized carbons (Fsp3) is 0.100. The van der Waals surface area contributed by atoms with Gasteiger partial charge in [-0.05, 0) is 43.9 Å². The maximum atomic E-state index is 5.93. The molecule has 0 amide bonds. The second kappa shape index (κ2) is 3.26. The van der Waals surface area contributed by atoms with Crippen LogP contribution in [0.1, 0.15) is 23.3 Å². The summed E-state index contributed by atoms with van der Waals surface area (Å²) in [6.45, 7) is 0. The summed E-state index contributed by atoms with van der Waals surface area (Å²) >= 11 is 0. The van der Waals surface area contributed by atoms with Crippen LogP contribution in [0.2, 0.25) is 0 Å². The zero-order valence-electron chi connectivity index (χ0n) is 11.3.